The summed E-state index contributed by atoms with van der Waals surface area (Å²) in [5.41, 5.74) is 1.21. The van der Waals surface area contributed by atoms with Crippen LogP contribution in [0.25, 0.3) is 0 Å². The number of hydrogen-bond acceptors (Lipinski definition) is 4. The second kappa shape index (κ2) is 7.48. The van der Waals surface area contributed by atoms with Crippen LogP contribution < -0.4 is 4.74 Å². The summed E-state index contributed by atoms with van der Waals surface area (Å²) in [6, 6.07) is 8.13. The minimum absolute atomic E-state index is 0.0335. The third kappa shape index (κ3) is 4.49. The van der Waals surface area contributed by atoms with E-state index in [1.807, 2.05) is 18.2 Å². The Bertz CT molecular complexity index is 377. The van der Waals surface area contributed by atoms with E-state index < -0.39 is 0 Å². The predicted octanol–water partition coefficient (Wildman–Crippen LogP) is 2.28. The van der Waals surface area contributed by atoms with E-state index >= 15 is 0 Å². The van der Waals surface area contributed by atoms with E-state index in [1.165, 1.54) is 5.56 Å². The number of rotatable bonds is 6. The highest BCUT2D eigenvalue weighted by Crippen LogP contribution is 2.19. The molecular weight excluding hydrogens is 242 g/mol. The number of para-hydroxylation sites is 1. The van der Waals surface area contributed by atoms with E-state index in [0.29, 0.717) is 0 Å². The molecule has 1 aliphatic rings. The van der Waals surface area contributed by atoms with Crippen molar-refractivity contribution >= 4 is 0 Å². The van der Waals surface area contributed by atoms with Crippen LogP contribution in [-0.4, -0.2) is 45.1 Å². The summed E-state index contributed by atoms with van der Waals surface area (Å²) in [6.45, 7) is 3.46. The molecule has 1 aromatic rings. The van der Waals surface area contributed by atoms with E-state index in [-0.39, 0.29) is 6.29 Å². The van der Waals surface area contributed by atoms with Crippen LogP contribution in [0.5, 0.6) is 5.75 Å². The minimum Gasteiger partial charge on any atom is -0.496 e. The van der Waals surface area contributed by atoms with Gasteiger partial charge in [-0.2, -0.15) is 0 Å². The van der Waals surface area contributed by atoms with Crippen molar-refractivity contribution in [3.8, 4) is 5.75 Å². The van der Waals surface area contributed by atoms with E-state index in [0.717, 1.165) is 44.9 Å². The standard InChI is InChI=1S/C15H23NO3/c1-16(9-8-15-18-10-5-11-19-15)12-13-6-3-4-7-14(13)17-2/h3-4,6-7,15H,5,8-12H2,1-2H3. The third-order valence-electron chi connectivity index (χ3n) is 3.28. The van der Waals surface area contributed by atoms with E-state index in [1.54, 1.807) is 7.11 Å². The van der Waals surface area contributed by atoms with Crippen LogP contribution in [0.2, 0.25) is 0 Å². The number of ether oxygens (including phenoxy) is 3. The van der Waals surface area contributed by atoms with Crippen molar-refractivity contribution in [2.75, 3.05) is 33.9 Å². The lowest BCUT2D eigenvalue weighted by Gasteiger charge is -2.25. The zero-order valence-electron chi connectivity index (χ0n) is 11.8. The molecular formula is C15H23NO3. The molecule has 106 valence electrons. The molecule has 0 radical (unpaired) electrons. The van der Waals surface area contributed by atoms with E-state index in [9.17, 15) is 0 Å². The zero-order valence-corrected chi connectivity index (χ0v) is 11.8. The predicted molar refractivity (Wildman–Crippen MR) is 74.3 cm³/mol. The van der Waals surface area contributed by atoms with Gasteiger partial charge in [-0.3, -0.25) is 0 Å². The summed E-state index contributed by atoms with van der Waals surface area (Å²) in [7, 11) is 3.82. The molecule has 0 spiro atoms. The molecule has 0 saturated carbocycles. The van der Waals surface area contributed by atoms with E-state index in [4.69, 9.17) is 14.2 Å². The summed E-state index contributed by atoms with van der Waals surface area (Å²) in [6.07, 6.45) is 1.88. The maximum absolute atomic E-state index is 5.55. The Morgan fingerprint density at radius 3 is 2.74 bits per heavy atom. The first kappa shape index (κ1) is 14.3. The normalized spacial score (nSPS) is 16.8. The van der Waals surface area contributed by atoms with Gasteiger partial charge in [0.05, 0.1) is 20.3 Å². The van der Waals surface area contributed by atoms with Gasteiger partial charge < -0.3 is 19.1 Å². The molecule has 0 aromatic heterocycles. The van der Waals surface area contributed by atoms with Crippen LogP contribution in [-0.2, 0) is 16.0 Å². The largest absolute Gasteiger partial charge is 0.496 e. The van der Waals surface area contributed by atoms with Gasteiger partial charge >= 0.3 is 0 Å². The van der Waals surface area contributed by atoms with Crippen molar-refractivity contribution in [3.05, 3.63) is 29.8 Å². The minimum atomic E-state index is -0.0335. The number of nitrogens with zero attached hydrogens (tertiary/aromatic N) is 1. The quantitative estimate of drug-likeness (QED) is 0.789. The fourth-order valence-corrected chi connectivity index (χ4v) is 2.23. The molecule has 0 bridgehead atoms. The average Bonchev–Trinajstić information content (AvgIpc) is 2.47. The second-order valence-corrected chi connectivity index (χ2v) is 4.86. The van der Waals surface area contributed by atoms with Gasteiger partial charge in [0.25, 0.3) is 0 Å². The Hall–Kier alpha value is -1.10. The maximum atomic E-state index is 5.55. The van der Waals surface area contributed by atoms with Crippen LogP contribution in [0.4, 0.5) is 0 Å². The Morgan fingerprint density at radius 2 is 2.00 bits per heavy atom. The molecule has 4 nitrogen and oxygen atoms in total. The Labute approximate surface area is 115 Å². The van der Waals surface area contributed by atoms with Crippen LogP contribution in [0.1, 0.15) is 18.4 Å². The number of hydrogen-bond donors (Lipinski definition) is 0. The van der Waals surface area contributed by atoms with Gasteiger partial charge in [0.2, 0.25) is 0 Å². The Morgan fingerprint density at radius 1 is 1.26 bits per heavy atom. The first-order valence-electron chi connectivity index (χ1n) is 6.83. The highest BCUT2D eigenvalue weighted by atomic mass is 16.7. The molecule has 1 heterocycles. The van der Waals surface area contributed by atoms with Crippen molar-refractivity contribution < 1.29 is 14.2 Å². The maximum Gasteiger partial charge on any atom is 0.158 e. The van der Waals surface area contributed by atoms with Gasteiger partial charge in [-0.25, -0.2) is 0 Å². The lowest BCUT2D eigenvalue weighted by molar-refractivity contribution is -0.182. The summed E-state index contributed by atoms with van der Waals surface area (Å²) in [4.78, 5) is 2.26. The fraction of sp³-hybridized carbons (Fsp3) is 0.600. The molecule has 0 N–H and O–H groups in total. The molecule has 1 aliphatic heterocycles. The molecule has 1 aromatic carbocycles. The summed E-state index contributed by atoms with van der Waals surface area (Å²) in [5, 5.41) is 0. The van der Waals surface area contributed by atoms with Gasteiger partial charge in [0.15, 0.2) is 6.29 Å². The molecule has 19 heavy (non-hydrogen) atoms. The molecule has 0 atom stereocenters. The van der Waals surface area contributed by atoms with Crippen molar-refractivity contribution in [2.45, 2.75) is 25.7 Å². The van der Waals surface area contributed by atoms with Crippen molar-refractivity contribution in [2.24, 2.45) is 0 Å². The topological polar surface area (TPSA) is 30.9 Å². The molecule has 1 saturated heterocycles. The highest BCUT2D eigenvalue weighted by Gasteiger charge is 2.15. The molecule has 0 aliphatic carbocycles. The lowest BCUT2D eigenvalue weighted by Crippen LogP contribution is -2.29. The molecule has 0 unspecified atom stereocenters. The van der Waals surface area contributed by atoms with Crippen molar-refractivity contribution in [1.29, 1.82) is 0 Å². The first-order chi connectivity index (χ1) is 9.29. The fourth-order valence-electron chi connectivity index (χ4n) is 2.23. The second-order valence-electron chi connectivity index (χ2n) is 4.86. The first-order valence-corrected chi connectivity index (χ1v) is 6.83. The SMILES string of the molecule is COc1ccccc1CN(C)CCC1OCCCO1. The Balaban J connectivity index is 1.78. The highest BCUT2D eigenvalue weighted by molar-refractivity contribution is 5.32. The van der Waals surface area contributed by atoms with Crippen LogP contribution in [0.3, 0.4) is 0 Å². The van der Waals surface area contributed by atoms with Crippen LogP contribution >= 0.6 is 0 Å². The monoisotopic (exact) mass is 265 g/mol. The van der Waals surface area contributed by atoms with Crippen molar-refractivity contribution in [1.82, 2.24) is 4.90 Å². The van der Waals surface area contributed by atoms with E-state index in [2.05, 4.69) is 18.0 Å². The summed E-state index contributed by atoms with van der Waals surface area (Å²) >= 11 is 0. The van der Waals surface area contributed by atoms with Crippen molar-refractivity contribution in [3.63, 3.8) is 0 Å². The number of methoxy groups -OCH3 is 1. The van der Waals surface area contributed by atoms with Gasteiger partial charge in [0, 0.05) is 25.1 Å². The smallest absolute Gasteiger partial charge is 0.158 e. The molecule has 1 fully saturated rings. The van der Waals surface area contributed by atoms with Gasteiger partial charge in [-0.1, -0.05) is 18.2 Å². The van der Waals surface area contributed by atoms with Crippen LogP contribution in [0.15, 0.2) is 24.3 Å². The zero-order chi connectivity index (χ0) is 13.5. The lowest BCUT2D eigenvalue weighted by atomic mass is 10.2. The van der Waals surface area contributed by atoms with Gasteiger partial charge in [-0.05, 0) is 19.5 Å². The summed E-state index contributed by atoms with van der Waals surface area (Å²) < 4.78 is 16.5. The third-order valence-corrected chi connectivity index (χ3v) is 3.28. The van der Waals surface area contributed by atoms with Gasteiger partial charge in [0.1, 0.15) is 5.75 Å². The van der Waals surface area contributed by atoms with Gasteiger partial charge in [-0.15, -0.1) is 0 Å². The Kier molecular flexibility index (Phi) is 5.63. The average molecular weight is 265 g/mol. The van der Waals surface area contributed by atoms with Crippen LogP contribution in [0, 0.1) is 0 Å². The molecule has 4 heteroatoms. The molecule has 0 amide bonds. The molecule has 2 rings (SSSR count). The number of benzene rings is 1. The summed E-state index contributed by atoms with van der Waals surface area (Å²) in [5.74, 6) is 0.944.